The first kappa shape index (κ1) is 17.0. The minimum atomic E-state index is -0.456. The molecule has 0 radical (unpaired) electrons. The van der Waals surface area contributed by atoms with E-state index >= 15 is 0 Å². The number of nitrogens with one attached hydrogen (secondary N) is 2. The summed E-state index contributed by atoms with van der Waals surface area (Å²) in [5.74, 6) is 0.000110. The molecule has 1 aliphatic carbocycles. The largest absolute Gasteiger partial charge is 0.357 e. The first-order valence-electron chi connectivity index (χ1n) is 7.73. The van der Waals surface area contributed by atoms with Crippen LogP contribution in [0.2, 0.25) is 0 Å². The Balaban J connectivity index is 2.65. The third-order valence-corrected chi connectivity index (χ3v) is 3.99. The van der Waals surface area contributed by atoms with E-state index in [1.165, 1.54) is 0 Å². The lowest BCUT2D eigenvalue weighted by atomic mass is 9.93. The molecule has 116 valence electrons. The highest BCUT2D eigenvalue weighted by molar-refractivity contribution is 5.88. The molecular weight excluding hydrogens is 254 g/mol. The summed E-state index contributed by atoms with van der Waals surface area (Å²) in [7, 11) is 1.60. The minimum absolute atomic E-state index is 0.0614. The van der Waals surface area contributed by atoms with Crippen LogP contribution in [0.3, 0.4) is 0 Å². The van der Waals surface area contributed by atoms with Gasteiger partial charge in [0.1, 0.15) is 6.04 Å². The molecule has 0 aromatic rings. The lowest BCUT2D eigenvalue weighted by Gasteiger charge is -2.25. The van der Waals surface area contributed by atoms with Gasteiger partial charge in [-0.2, -0.15) is 0 Å². The van der Waals surface area contributed by atoms with Gasteiger partial charge in [0.05, 0.1) is 5.92 Å². The first-order valence-corrected chi connectivity index (χ1v) is 7.73. The molecule has 1 aliphatic rings. The Morgan fingerprint density at radius 3 is 2.45 bits per heavy atom. The maximum absolute atomic E-state index is 12.4. The van der Waals surface area contributed by atoms with E-state index in [4.69, 9.17) is 5.73 Å². The molecule has 0 heterocycles. The predicted octanol–water partition coefficient (Wildman–Crippen LogP) is 1.17. The number of carbonyl (C=O) groups excluding carboxylic acids is 2. The number of amides is 2. The summed E-state index contributed by atoms with van der Waals surface area (Å²) >= 11 is 0. The van der Waals surface area contributed by atoms with Gasteiger partial charge in [-0.25, -0.2) is 0 Å². The minimum Gasteiger partial charge on any atom is -0.357 e. The highest BCUT2D eigenvalue weighted by Gasteiger charge is 2.30. The molecule has 1 rings (SSSR count). The number of likely N-dealkylation sites (N-methyl/N-ethyl adjacent to an activating group) is 1. The molecule has 0 aliphatic heterocycles. The third kappa shape index (κ3) is 5.12. The second-order valence-corrected chi connectivity index (χ2v) is 6.21. The zero-order chi connectivity index (χ0) is 15.1. The number of nitrogens with two attached hydrogens (primary N) is 1. The van der Waals surface area contributed by atoms with Crippen LogP contribution in [0.5, 0.6) is 0 Å². The van der Waals surface area contributed by atoms with Crippen LogP contribution in [0.25, 0.3) is 0 Å². The van der Waals surface area contributed by atoms with E-state index in [2.05, 4.69) is 10.6 Å². The van der Waals surface area contributed by atoms with Gasteiger partial charge in [0.25, 0.3) is 0 Å². The van der Waals surface area contributed by atoms with Crippen LogP contribution in [0.1, 0.15) is 52.4 Å². The lowest BCUT2D eigenvalue weighted by molar-refractivity contribution is -0.131. The average molecular weight is 283 g/mol. The van der Waals surface area contributed by atoms with E-state index in [1.807, 2.05) is 13.8 Å². The number of hydrogen-bond acceptors (Lipinski definition) is 3. The maximum Gasteiger partial charge on any atom is 0.242 e. The molecule has 4 N–H and O–H groups in total. The molecule has 1 saturated carbocycles. The van der Waals surface area contributed by atoms with Crippen molar-refractivity contribution in [2.45, 2.75) is 64.5 Å². The average Bonchev–Trinajstić information content (AvgIpc) is 2.61. The molecule has 5 heteroatoms. The smallest absolute Gasteiger partial charge is 0.242 e. The SMILES string of the molecule is CNC(=O)C(CC(C)C)NC(=O)C1CCCCCC1N. The van der Waals surface area contributed by atoms with Gasteiger partial charge in [0.15, 0.2) is 0 Å². The third-order valence-electron chi connectivity index (χ3n) is 3.99. The van der Waals surface area contributed by atoms with Gasteiger partial charge in [0, 0.05) is 13.1 Å². The topological polar surface area (TPSA) is 84.2 Å². The highest BCUT2D eigenvalue weighted by atomic mass is 16.2. The standard InChI is InChI=1S/C15H29N3O2/c1-10(2)9-13(15(20)17-3)18-14(19)11-7-5-4-6-8-12(11)16/h10-13H,4-9,16H2,1-3H3,(H,17,20)(H,18,19). The second-order valence-electron chi connectivity index (χ2n) is 6.21. The lowest BCUT2D eigenvalue weighted by Crippen LogP contribution is -2.50. The summed E-state index contributed by atoms with van der Waals surface area (Å²) in [5.41, 5.74) is 6.10. The van der Waals surface area contributed by atoms with Gasteiger partial charge in [-0.3, -0.25) is 9.59 Å². The van der Waals surface area contributed by atoms with E-state index in [-0.39, 0.29) is 23.8 Å². The molecule has 2 amide bonds. The van der Waals surface area contributed by atoms with E-state index < -0.39 is 6.04 Å². The molecule has 0 saturated heterocycles. The Morgan fingerprint density at radius 2 is 1.85 bits per heavy atom. The van der Waals surface area contributed by atoms with Crippen LogP contribution in [-0.2, 0) is 9.59 Å². The fourth-order valence-corrected chi connectivity index (χ4v) is 2.82. The van der Waals surface area contributed by atoms with Crippen molar-refractivity contribution >= 4 is 11.8 Å². The maximum atomic E-state index is 12.4. The number of carbonyl (C=O) groups is 2. The second kappa shape index (κ2) is 8.25. The van der Waals surface area contributed by atoms with Gasteiger partial charge < -0.3 is 16.4 Å². The molecule has 3 unspecified atom stereocenters. The van der Waals surface area contributed by atoms with Crippen molar-refractivity contribution in [3.63, 3.8) is 0 Å². The summed E-state index contributed by atoms with van der Waals surface area (Å²) in [6, 6.07) is -0.537. The van der Waals surface area contributed by atoms with Crippen LogP contribution < -0.4 is 16.4 Å². The van der Waals surface area contributed by atoms with Crippen LogP contribution in [0, 0.1) is 11.8 Å². The summed E-state index contributed by atoms with van der Waals surface area (Å²) in [4.78, 5) is 24.3. The summed E-state index contributed by atoms with van der Waals surface area (Å²) in [6.07, 6.45) is 5.65. The van der Waals surface area contributed by atoms with Crippen molar-refractivity contribution in [1.29, 1.82) is 0 Å². The normalized spacial score (nSPS) is 24.9. The zero-order valence-electron chi connectivity index (χ0n) is 12.9. The Bertz CT molecular complexity index is 331. The molecule has 0 aromatic heterocycles. The van der Waals surface area contributed by atoms with Crippen molar-refractivity contribution in [1.82, 2.24) is 10.6 Å². The van der Waals surface area contributed by atoms with Gasteiger partial charge in [-0.15, -0.1) is 0 Å². The number of hydrogen-bond donors (Lipinski definition) is 3. The van der Waals surface area contributed by atoms with Crippen LogP contribution >= 0.6 is 0 Å². The highest BCUT2D eigenvalue weighted by Crippen LogP contribution is 2.22. The van der Waals surface area contributed by atoms with Crippen molar-refractivity contribution in [2.24, 2.45) is 17.6 Å². The summed E-state index contributed by atoms with van der Waals surface area (Å²) in [6.45, 7) is 4.08. The van der Waals surface area contributed by atoms with E-state index in [9.17, 15) is 9.59 Å². The Kier molecular flexibility index (Phi) is 6.99. The molecule has 3 atom stereocenters. The van der Waals surface area contributed by atoms with Crippen molar-refractivity contribution in [3.8, 4) is 0 Å². The predicted molar refractivity (Wildman–Crippen MR) is 80.0 cm³/mol. The fourth-order valence-electron chi connectivity index (χ4n) is 2.82. The fraction of sp³-hybridized carbons (Fsp3) is 0.867. The molecule has 20 heavy (non-hydrogen) atoms. The molecular formula is C15H29N3O2. The monoisotopic (exact) mass is 283 g/mol. The first-order chi connectivity index (χ1) is 9.45. The Labute approximate surface area is 122 Å². The van der Waals surface area contributed by atoms with E-state index in [0.717, 1.165) is 32.1 Å². The summed E-state index contributed by atoms with van der Waals surface area (Å²) < 4.78 is 0. The molecule has 0 bridgehead atoms. The van der Waals surface area contributed by atoms with Crippen LogP contribution in [-0.4, -0.2) is 30.9 Å². The molecule has 1 fully saturated rings. The number of rotatable bonds is 5. The van der Waals surface area contributed by atoms with Crippen molar-refractivity contribution in [3.05, 3.63) is 0 Å². The Morgan fingerprint density at radius 1 is 1.20 bits per heavy atom. The Hall–Kier alpha value is -1.10. The van der Waals surface area contributed by atoms with Gasteiger partial charge in [-0.05, 0) is 25.2 Å². The zero-order valence-corrected chi connectivity index (χ0v) is 12.9. The van der Waals surface area contributed by atoms with E-state index in [1.54, 1.807) is 7.05 Å². The molecule has 0 aromatic carbocycles. The van der Waals surface area contributed by atoms with Crippen molar-refractivity contribution in [2.75, 3.05) is 7.05 Å². The summed E-state index contributed by atoms with van der Waals surface area (Å²) in [5, 5.41) is 5.51. The molecule has 5 nitrogen and oxygen atoms in total. The van der Waals surface area contributed by atoms with E-state index in [0.29, 0.717) is 12.3 Å². The van der Waals surface area contributed by atoms with Crippen LogP contribution in [0.4, 0.5) is 0 Å². The van der Waals surface area contributed by atoms with Crippen LogP contribution in [0.15, 0.2) is 0 Å². The van der Waals surface area contributed by atoms with Crippen molar-refractivity contribution < 1.29 is 9.59 Å². The van der Waals surface area contributed by atoms with Gasteiger partial charge >= 0.3 is 0 Å². The van der Waals surface area contributed by atoms with Gasteiger partial charge in [0.2, 0.25) is 11.8 Å². The quantitative estimate of drug-likeness (QED) is 0.662. The van der Waals surface area contributed by atoms with Gasteiger partial charge in [-0.1, -0.05) is 33.1 Å². The molecule has 0 spiro atoms.